The number of hydrogen-bond acceptors (Lipinski definition) is 8. The van der Waals surface area contributed by atoms with Gasteiger partial charge in [0.15, 0.2) is 6.29 Å². The highest BCUT2D eigenvalue weighted by molar-refractivity contribution is 5.75. The summed E-state index contributed by atoms with van der Waals surface area (Å²) in [6.07, 6.45) is -5.45. The Hall–Kier alpha value is -1.29. The molecule has 2 heterocycles. The van der Waals surface area contributed by atoms with E-state index in [1.807, 2.05) is 0 Å². The summed E-state index contributed by atoms with van der Waals surface area (Å²) >= 11 is 0. The zero-order valence-electron chi connectivity index (χ0n) is 16.5. The van der Waals surface area contributed by atoms with E-state index in [4.69, 9.17) is 14.2 Å². The maximum absolute atomic E-state index is 12.4. The van der Waals surface area contributed by atoms with E-state index in [0.717, 1.165) is 24.0 Å². The zero-order chi connectivity index (χ0) is 21.0. The summed E-state index contributed by atoms with van der Waals surface area (Å²) in [6, 6.07) is 0. The minimum absolute atomic E-state index is 0.00444. The van der Waals surface area contributed by atoms with Crippen LogP contribution in [0, 0.1) is 23.7 Å². The molecule has 4 rings (SSSR count). The highest BCUT2D eigenvalue weighted by Gasteiger charge is 2.57. The van der Waals surface area contributed by atoms with E-state index in [1.54, 1.807) is 6.92 Å². The van der Waals surface area contributed by atoms with Crippen LogP contribution in [-0.4, -0.2) is 75.9 Å². The van der Waals surface area contributed by atoms with E-state index in [1.165, 1.54) is 0 Å². The third-order valence-electron chi connectivity index (χ3n) is 7.19. The molecule has 0 bridgehead atoms. The molecule has 0 aromatic rings. The SMILES string of the molecule is C=C1CC[C@H]2C(=C)C[C@H](O[C@@H]3O[C@H](CO)[C@@H](O)[C@H](O)[C@H]3O)C3[C@H](C)C(=O)O[C@@H]3[C@@H]12. The number of ether oxygens (including phenoxy) is 3. The number of aliphatic hydroxyl groups excluding tert-OH is 4. The zero-order valence-corrected chi connectivity index (χ0v) is 16.5. The second kappa shape index (κ2) is 7.76. The van der Waals surface area contributed by atoms with Crippen LogP contribution in [0.5, 0.6) is 0 Å². The first-order valence-corrected chi connectivity index (χ1v) is 10.3. The Balaban J connectivity index is 1.62. The van der Waals surface area contributed by atoms with Gasteiger partial charge >= 0.3 is 5.97 Å². The Morgan fingerprint density at radius 2 is 1.86 bits per heavy atom. The van der Waals surface area contributed by atoms with Crippen LogP contribution in [0.15, 0.2) is 24.3 Å². The first-order chi connectivity index (χ1) is 13.7. The predicted octanol–water partition coefficient (Wildman–Crippen LogP) is -0.109. The number of aliphatic hydroxyl groups is 4. The van der Waals surface area contributed by atoms with Crippen molar-refractivity contribution in [3.8, 4) is 0 Å². The molecular weight excluding hydrogens is 380 g/mol. The van der Waals surface area contributed by atoms with Gasteiger partial charge in [-0.25, -0.2) is 0 Å². The average molecular weight is 410 g/mol. The maximum Gasteiger partial charge on any atom is 0.309 e. The van der Waals surface area contributed by atoms with Crippen LogP contribution >= 0.6 is 0 Å². The van der Waals surface area contributed by atoms with Crippen molar-refractivity contribution in [3.05, 3.63) is 24.3 Å². The van der Waals surface area contributed by atoms with Gasteiger partial charge in [0.1, 0.15) is 30.5 Å². The highest BCUT2D eigenvalue weighted by atomic mass is 16.7. The summed E-state index contributed by atoms with van der Waals surface area (Å²) < 4.78 is 17.4. The van der Waals surface area contributed by atoms with E-state index in [-0.39, 0.29) is 29.8 Å². The molecule has 0 radical (unpaired) electrons. The van der Waals surface area contributed by atoms with Gasteiger partial charge in [0.05, 0.1) is 18.6 Å². The van der Waals surface area contributed by atoms with Crippen molar-refractivity contribution in [2.45, 2.75) is 69.1 Å². The van der Waals surface area contributed by atoms with Gasteiger partial charge in [0.25, 0.3) is 0 Å². The molecule has 4 aliphatic rings. The molecule has 2 saturated carbocycles. The first-order valence-electron chi connectivity index (χ1n) is 10.3. The van der Waals surface area contributed by atoms with E-state index < -0.39 is 49.3 Å². The maximum atomic E-state index is 12.4. The highest BCUT2D eigenvalue weighted by Crippen LogP contribution is 2.53. The molecule has 29 heavy (non-hydrogen) atoms. The molecule has 0 aromatic heterocycles. The van der Waals surface area contributed by atoms with Crippen molar-refractivity contribution in [3.63, 3.8) is 0 Å². The number of fused-ring (bicyclic) bond motifs is 3. The van der Waals surface area contributed by atoms with Gasteiger partial charge in [-0.15, -0.1) is 0 Å². The fraction of sp³-hybridized carbons (Fsp3) is 0.762. The molecule has 4 N–H and O–H groups in total. The molecular formula is C21H30O8. The Kier molecular flexibility index (Phi) is 5.61. The first kappa shape index (κ1) is 21.0. The smallest absolute Gasteiger partial charge is 0.309 e. The molecule has 1 unspecified atom stereocenters. The molecule has 0 aromatic carbocycles. The van der Waals surface area contributed by atoms with Gasteiger partial charge in [-0.2, -0.15) is 0 Å². The van der Waals surface area contributed by atoms with Crippen molar-refractivity contribution >= 4 is 5.97 Å². The molecule has 2 saturated heterocycles. The van der Waals surface area contributed by atoms with Crippen LogP contribution in [0.1, 0.15) is 26.2 Å². The van der Waals surface area contributed by atoms with E-state index in [0.29, 0.717) is 6.42 Å². The summed E-state index contributed by atoms with van der Waals surface area (Å²) in [6.45, 7) is 9.71. The summed E-state index contributed by atoms with van der Waals surface area (Å²) in [5.41, 5.74) is 2.04. The van der Waals surface area contributed by atoms with Crippen LogP contribution in [0.3, 0.4) is 0 Å². The predicted molar refractivity (Wildman–Crippen MR) is 100 cm³/mol. The largest absolute Gasteiger partial charge is 0.461 e. The lowest BCUT2D eigenvalue weighted by atomic mass is 9.79. The fourth-order valence-electron chi connectivity index (χ4n) is 5.54. The van der Waals surface area contributed by atoms with Crippen LogP contribution < -0.4 is 0 Å². The van der Waals surface area contributed by atoms with Crippen molar-refractivity contribution in [1.82, 2.24) is 0 Å². The summed E-state index contributed by atoms with van der Waals surface area (Å²) in [5, 5.41) is 39.9. The molecule has 8 heteroatoms. The number of esters is 1. The molecule has 11 atom stereocenters. The van der Waals surface area contributed by atoms with E-state index in [2.05, 4.69) is 13.2 Å². The molecule has 162 valence electrons. The third kappa shape index (κ3) is 3.36. The molecule has 0 spiro atoms. The summed E-state index contributed by atoms with van der Waals surface area (Å²) in [7, 11) is 0. The van der Waals surface area contributed by atoms with Gasteiger partial charge in [-0.05, 0) is 25.2 Å². The monoisotopic (exact) mass is 410 g/mol. The van der Waals surface area contributed by atoms with E-state index >= 15 is 0 Å². The lowest BCUT2D eigenvalue weighted by molar-refractivity contribution is -0.316. The van der Waals surface area contributed by atoms with E-state index in [9.17, 15) is 25.2 Å². The number of carbonyl (C=O) groups excluding carboxylic acids is 1. The van der Waals surface area contributed by atoms with Crippen LogP contribution in [0.4, 0.5) is 0 Å². The number of hydrogen-bond donors (Lipinski definition) is 4. The Morgan fingerprint density at radius 3 is 2.55 bits per heavy atom. The minimum atomic E-state index is -1.52. The van der Waals surface area contributed by atoms with Crippen LogP contribution in [0.2, 0.25) is 0 Å². The topological polar surface area (TPSA) is 126 Å². The van der Waals surface area contributed by atoms with Crippen molar-refractivity contribution in [2.24, 2.45) is 23.7 Å². The second-order valence-corrected chi connectivity index (χ2v) is 8.83. The van der Waals surface area contributed by atoms with Gasteiger partial charge in [-0.1, -0.05) is 31.2 Å². The third-order valence-corrected chi connectivity index (χ3v) is 7.19. The minimum Gasteiger partial charge on any atom is -0.461 e. The van der Waals surface area contributed by atoms with Gasteiger partial charge < -0.3 is 34.6 Å². The lowest BCUT2D eigenvalue weighted by Crippen LogP contribution is -2.60. The van der Waals surface area contributed by atoms with Crippen molar-refractivity contribution in [1.29, 1.82) is 0 Å². The standard InChI is InChI=1S/C21H30O8/c1-8-4-5-11-9(2)6-12(15-10(3)20(26)29-19(15)14(8)11)27-21-18(25)17(24)16(23)13(7-22)28-21/h10-19,21-25H,1-2,4-7H2,3H3/t10-,11-,12-,13+,14-,15?,16+,17-,18+,19+,21+/m0/s1. The number of rotatable bonds is 3. The summed E-state index contributed by atoms with van der Waals surface area (Å²) in [4.78, 5) is 12.4. The quantitative estimate of drug-likeness (QED) is 0.375. The molecule has 4 fully saturated rings. The molecule has 2 aliphatic carbocycles. The van der Waals surface area contributed by atoms with Crippen molar-refractivity contribution < 1.29 is 39.4 Å². The van der Waals surface area contributed by atoms with Crippen LogP contribution in [0.25, 0.3) is 0 Å². The van der Waals surface area contributed by atoms with Crippen molar-refractivity contribution in [2.75, 3.05) is 6.61 Å². The second-order valence-electron chi connectivity index (χ2n) is 8.83. The average Bonchev–Trinajstić information content (AvgIpc) is 3.17. The molecule has 8 nitrogen and oxygen atoms in total. The normalized spacial score (nSPS) is 50.1. The Morgan fingerprint density at radius 1 is 1.14 bits per heavy atom. The lowest BCUT2D eigenvalue weighted by Gasteiger charge is -2.42. The van der Waals surface area contributed by atoms with Gasteiger partial charge in [0.2, 0.25) is 0 Å². The Bertz CT molecular complexity index is 690. The number of carbonyl (C=O) groups is 1. The summed E-state index contributed by atoms with van der Waals surface area (Å²) in [5.74, 6) is -0.805. The van der Waals surface area contributed by atoms with Gasteiger partial charge in [0, 0.05) is 11.8 Å². The molecule has 0 amide bonds. The molecule has 2 aliphatic heterocycles. The fourth-order valence-corrected chi connectivity index (χ4v) is 5.54. The Labute approximate surface area is 169 Å². The van der Waals surface area contributed by atoms with Gasteiger partial charge in [-0.3, -0.25) is 4.79 Å². The van der Waals surface area contributed by atoms with Crippen LogP contribution in [-0.2, 0) is 19.0 Å².